The minimum atomic E-state index is 0. The van der Waals surface area contributed by atoms with Gasteiger partial charge in [0.05, 0.1) is 0 Å². The van der Waals surface area contributed by atoms with E-state index in [1.54, 1.807) is 0 Å². The molecule has 1 fully saturated rings. The van der Waals surface area contributed by atoms with Crippen LogP contribution in [0.4, 0.5) is 0 Å². The average molecular weight is 162 g/mol. The predicted octanol–water partition coefficient (Wildman–Crippen LogP) is 1.27. The zero-order valence-corrected chi connectivity index (χ0v) is 8.25. The first-order valence-corrected chi connectivity index (χ1v) is 3.10. The van der Waals surface area contributed by atoms with Gasteiger partial charge < -0.3 is 8.17 Å². The Labute approximate surface area is 82.5 Å². The molecule has 0 aromatic carbocycles. The standard InChI is InChI=1S/C6H13N.ClH.Mg.2H/c1-6-2-4-7-5-3-6;;;;/h6-7H,2-5H2,1H3;1H;;;/q;;+2;2*-1. The monoisotopic (exact) mass is 161 g/mol. The smallest absolute Gasteiger partial charge is 1.00 e. The summed E-state index contributed by atoms with van der Waals surface area (Å²) in [5, 5.41) is 3.32. The number of hydrogen-bond acceptors (Lipinski definition) is 1. The summed E-state index contributed by atoms with van der Waals surface area (Å²) in [4.78, 5) is 0. The van der Waals surface area contributed by atoms with Crippen molar-refractivity contribution in [1.82, 2.24) is 5.32 Å². The summed E-state index contributed by atoms with van der Waals surface area (Å²) in [6.07, 6.45) is 2.75. The molecule has 54 valence electrons. The maximum Gasteiger partial charge on any atom is 2.00 e. The molecule has 1 rings (SSSR count). The summed E-state index contributed by atoms with van der Waals surface area (Å²) in [6, 6.07) is 0. The van der Waals surface area contributed by atoms with Gasteiger partial charge in [-0.3, -0.25) is 0 Å². The normalized spacial score (nSPS) is 19.7. The van der Waals surface area contributed by atoms with E-state index in [0.29, 0.717) is 0 Å². The summed E-state index contributed by atoms with van der Waals surface area (Å²) >= 11 is 0. The second kappa shape index (κ2) is 7.13. The van der Waals surface area contributed by atoms with Crippen molar-refractivity contribution < 1.29 is 2.85 Å². The molecule has 1 heterocycles. The van der Waals surface area contributed by atoms with Crippen LogP contribution in [0.3, 0.4) is 0 Å². The van der Waals surface area contributed by atoms with Gasteiger partial charge in [-0.05, 0) is 31.8 Å². The SMILES string of the molecule is CC1CCNCC1.Cl.[H-].[H-].[Mg+2]. The molecule has 0 spiro atoms. The third kappa shape index (κ3) is 5.46. The van der Waals surface area contributed by atoms with E-state index in [2.05, 4.69) is 12.2 Å². The first-order chi connectivity index (χ1) is 3.39. The van der Waals surface area contributed by atoms with Crippen LogP contribution in [0.5, 0.6) is 0 Å². The molecule has 0 atom stereocenters. The molecule has 1 aliphatic heterocycles. The molecular formula is C6H16ClMgN. The van der Waals surface area contributed by atoms with Crippen LogP contribution in [0.15, 0.2) is 0 Å². The molecule has 3 heteroatoms. The molecular weight excluding hydrogens is 146 g/mol. The van der Waals surface area contributed by atoms with Crippen molar-refractivity contribution >= 4 is 35.5 Å². The summed E-state index contributed by atoms with van der Waals surface area (Å²) in [7, 11) is 0. The Kier molecular flexibility index (Phi) is 10.0. The van der Waals surface area contributed by atoms with Crippen molar-refractivity contribution in [2.75, 3.05) is 13.1 Å². The molecule has 1 saturated heterocycles. The van der Waals surface area contributed by atoms with Crippen LogP contribution >= 0.6 is 12.4 Å². The molecule has 0 aromatic rings. The third-order valence-corrected chi connectivity index (χ3v) is 1.63. The van der Waals surface area contributed by atoms with Gasteiger partial charge in [-0.15, -0.1) is 12.4 Å². The van der Waals surface area contributed by atoms with E-state index in [-0.39, 0.29) is 38.3 Å². The molecule has 0 radical (unpaired) electrons. The fourth-order valence-electron chi connectivity index (χ4n) is 0.966. The van der Waals surface area contributed by atoms with Gasteiger partial charge in [-0.2, -0.15) is 0 Å². The fourth-order valence-corrected chi connectivity index (χ4v) is 0.966. The predicted molar refractivity (Wildman–Crippen MR) is 46.5 cm³/mol. The number of rotatable bonds is 0. The maximum atomic E-state index is 3.32. The molecule has 0 unspecified atom stereocenters. The van der Waals surface area contributed by atoms with E-state index in [4.69, 9.17) is 0 Å². The third-order valence-electron chi connectivity index (χ3n) is 1.63. The number of halogens is 1. The van der Waals surface area contributed by atoms with Crippen LogP contribution in [0.25, 0.3) is 0 Å². The summed E-state index contributed by atoms with van der Waals surface area (Å²) in [6.45, 7) is 4.79. The number of nitrogens with one attached hydrogen (secondary N) is 1. The zero-order chi connectivity index (χ0) is 5.11. The molecule has 0 bridgehead atoms. The fraction of sp³-hybridized carbons (Fsp3) is 1.00. The van der Waals surface area contributed by atoms with Gasteiger partial charge in [0.25, 0.3) is 0 Å². The van der Waals surface area contributed by atoms with Crippen LogP contribution in [-0.2, 0) is 0 Å². The van der Waals surface area contributed by atoms with Crippen molar-refractivity contribution in [3.05, 3.63) is 0 Å². The van der Waals surface area contributed by atoms with E-state index >= 15 is 0 Å². The first kappa shape index (κ1) is 12.7. The Morgan fingerprint density at radius 2 is 1.78 bits per heavy atom. The number of hydrogen-bond donors (Lipinski definition) is 1. The van der Waals surface area contributed by atoms with E-state index in [9.17, 15) is 0 Å². The first-order valence-electron chi connectivity index (χ1n) is 3.10. The van der Waals surface area contributed by atoms with Gasteiger partial charge in [0, 0.05) is 0 Å². The summed E-state index contributed by atoms with van der Waals surface area (Å²) in [5.74, 6) is 0.973. The second-order valence-corrected chi connectivity index (χ2v) is 2.43. The van der Waals surface area contributed by atoms with E-state index in [1.165, 1.54) is 25.9 Å². The maximum absolute atomic E-state index is 3.32. The zero-order valence-electron chi connectivity index (χ0n) is 8.02. The van der Waals surface area contributed by atoms with Crippen LogP contribution in [0.2, 0.25) is 0 Å². The van der Waals surface area contributed by atoms with Gasteiger partial charge in [0.1, 0.15) is 0 Å². The summed E-state index contributed by atoms with van der Waals surface area (Å²) in [5.41, 5.74) is 0. The van der Waals surface area contributed by atoms with Gasteiger partial charge in [-0.1, -0.05) is 6.92 Å². The van der Waals surface area contributed by atoms with Gasteiger partial charge in [-0.25, -0.2) is 0 Å². The van der Waals surface area contributed by atoms with Gasteiger partial charge in [0.2, 0.25) is 0 Å². The summed E-state index contributed by atoms with van der Waals surface area (Å²) < 4.78 is 0. The van der Waals surface area contributed by atoms with Crippen molar-refractivity contribution in [3.8, 4) is 0 Å². The number of piperidine rings is 1. The van der Waals surface area contributed by atoms with Crippen LogP contribution in [-0.4, -0.2) is 36.1 Å². The van der Waals surface area contributed by atoms with Crippen LogP contribution in [0, 0.1) is 5.92 Å². The van der Waals surface area contributed by atoms with Crippen molar-refractivity contribution in [2.45, 2.75) is 19.8 Å². The molecule has 1 nitrogen and oxygen atoms in total. The Balaban J connectivity index is -0.0000000612. The topological polar surface area (TPSA) is 12.0 Å². The minimum absolute atomic E-state index is 0. The van der Waals surface area contributed by atoms with Crippen molar-refractivity contribution in [3.63, 3.8) is 0 Å². The molecule has 0 aromatic heterocycles. The van der Waals surface area contributed by atoms with Crippen molar-refractivity contribution in [2.24, 2.45) is 5.92 Å². The van der Waals surface area contributed by atoms with E-state index in [1.807, 2.05) is 0 Å². The Morgan fingerprint density at radius 1 is 1.33 bits per heavy atom. The largest absolute Gasteiger partial charge is 2.00 e. The van der Waals surface area contributed by atoms with Crippen LogP contribution in [0.1, 0.15) is 22.6 Å². The Hall–Kier alpha value is 1.02. The minimum Gasteiger partial charge on any atom is -1.00 e. The van der Waals surface area contributed by atoms with Crippen molar-refractivity contribution in [1.29, 1.82) is 0 Å². The Morgan fingerprint density at radius 3 is 2.00 bits per heavy atom. The Bertz CT molecular complexity index is 62.5. The quantitative estimate of drug-likeness (QED) is 0.529. The van der Waals surface area contributed by atoms with E-state index < -0.39 is 0 Å². The molecule has 0 amide bonds. The molecule has 1 N–H and O–H groups in total. The van der Waals surface area contributed by atoms with Gasteiger partial charge >= 0.3 is 23.1 Å². The molecule has 0 aliphatic carbocycles. The van der Waals surface area contributed by atoms with Crippen LogP contribution < -0.4 is 5.32 Å². The second-order valence-electron chi connectivity index (χ2n) is 2.43. The van der Waals surface area contributed by atoms with E-state index in [0.717, 1.165) is 5.92 Å². The average Bonchev–Trinajstić information content (AvgIpc) is 1.69. The molecule has 0 saturated carbocycles. The molecule has 9 heavy (non-hydrogen) atoms. The van der Waals surface area contributed by atoms with Gasteiger partial charge in [0.15, 0.2) is 0 Å². The molecule has 1 aliphatic rings.